The maximum Gasteiger partial charge on any atom is 0.251 e. The minimum Gasteiger partial charge on any atom is -0.467 e. The Balaban J connectivity index is 1.77. The molecule has 0 radical (unpaired) electrons. The molecule has 28 heavy (non-hydrogen) atoms. The normalized spacial score (nSPS) is 12.1. The number of benzene rings is 1. The van der Waals surface area contributed by atoms with E-state index in [0.29, 0.717) is 11.3 Å². The van der Waals surface area contributed by atoms with Crippen molar-refractivity contribution in [2.45, 2.75) is 45.7 Å². The summed E-state index contributed by atoms with van der Waals surface area (Å²) in [6.45, 7) is 7.92. The number of nitrogens with one attached hydrogen (secondary N) is 3. The number of amides is 3. The summed E-state index contributed by atoms with van der Waals surface area (Å²) in [5, 5.41) is 7.76. The number of hydrogen-bond donors (Lipinski definition) is 3. The zero-order valence-corrected chi connectivity index (χ0v) is 16.7. The predicted octanol–water partition coefficient (Wildman–Crippen LogP) is 2.13. The van der Waals surface area contributed by atoms with E-state index in [1.807, 2.05) is 12.1 Å². The average Bonchev–Trinajstić information content (AvgIpc) is 3.17. The number of rotatable bonds is 7. The monoisotopic (exact) mass is 385 g/mol. The summed E-state index contributed by atoms with van der Waals surface area (Å²) in [5.74, 6) is -0.503. The molecule has 0 aliphatic heterocycles. The molecule has 2 rings (SSSR count). The molecule has 1 aromatic heterocycles. The van der Waals surface area contributed by atoms with Crippen LogP contribution in [0, 0.1) is 0 Å². The molecule has 1 aromatic carbocycles. The Bertz CT molecular complexity index is 805. The smallest absolute Gasteiger partial charge is 0.251 e. The van der Waals surface area contributed by atoms with Crippen LogP contribution in [0.2, 0.25) is 0 Å². The van der Waals surface area contributed by atoms with Crippen LogP contribution in [0.5, 0.6) is 0 Å². The molecule has 1 atom stereocenters. The second-order valence-electron chi connectivity index (χ2n) is 7.60. The molecule has 0 saturated carbocycles. The Morgan fingerprint density at radius 2 is 1.71 bits per heavy atom. The highest BCUT2D eigenvalue weighted by atomic mass is 16.3. The van der Waals surface area contributed by atoms with Gasteiger partial charge in [-0.2, -0.15) is 0 Å². The van der Waals surface area contributed by atoms with Gasteiger partial charge in [0.25, 0.3) is 5.91 Å². The molecule has 0 saturated heterocycles. The van der Waals surface area contributed by atoms with Gasteiger partial charge in [0, 0.05) is 5.56 Å². The molecule has 2 aromatic rings. The van der Waals surface area contributed by atoms with Crippen LogP contribution < -0.4 is 16.0 Å². The summed E-state index contributed by atoms with van der Waals surface area (Å²) in [7, 11) is 0. The molecule has 7 heteroatoms. The Morgan fingerprint density at radius 1 is 1.04 bits per heavy atom. The van der Waals surface area contributed by atoms with Crippen molar-refractivity contribution < 1.29 is 18.8 Å². The van der Waals surface area contributed by atoms with E-state index in [-0.39, 0.29) is 30.3 Å². The van der Waals surface area contributed by atoms with Crippen molar-refractivity contribution in [3.8, 4) is 0 Å². The van der Waals surface area contributed by atoms with Crippen molar-refractivity contribution >= 4 is 17.7 Å². The standard InChI is InChI=1S/C21H27N3O4/c1-14(19(26)23-13-18(25)22-12-17-6-5-11-28-17)24-20(27)15-7-9-16(10-8-15)21(2,3)4/h5-11,14H,12-13H2,1-4H3,(H,22,25)(H,23,26)(H,24,27). The summed E-state index contributed by atoms with van der Waals surface area (Å²) in [6.07, 6.45) is 1.52. The fourth-order valence-corrected chi connectivity index (χ4v) is 2.45. The van der Waals surface area contributed by atoms with Crippen LogP contribution in [-0.2, 0) is 21.5 Å². The summed E-state index contributed by atoms with van der Waals surface area (Å²) < 4.78 is 5.11. The van der Waals surface area contributed by atoms with Crippen LogP contribution in [0.25, 0.3) is 0 Å². The number of hydrogen-bond acceptors (Lipinski definition) is 4. The summed E-state index contributed by atoms with van der Waals surface area (Å²) >= 11 is 0. The predicted molar refractivity (Wildman–Crippen MR) is 106 cm³/mol. The average molecular weight is 385 g/mol. The van der Waals surface area contributed by atoms with Crippen LogP contribution >= 0.6 is 0 Å². The summed E-state index contributed by atoms with van der Waals surface area (Å²) in [4.78, 5) is 36.2. The van der Waals surface area contributed by atoms with Crippen LogP contribution in [0.4, 0.5) is 0 Å². The molecule has 0 fully saturated rings. The molecule has 7 nitrogen and oxygen atoms in total. The molecule has 0 bridgehead atoms. The van der Waals surface area contributed by atoms with Crippen LogP contribution in [0.15, 0.2) is 47.1 Å². The maximum atomic E-state index is 12.3. The Morgan fingerprint density at radius 3 is 2.29 bits per heavy atom. The van der Waals surface area contributed by atoms with Gasteiger partial charge < -0.3 is 20.4 Å². The quantitative estimate of drug-likeness (QED) is 0.680. The topological polar surface area (TPSA) is 100 Å². The van der Waals surface area contributed by atoms with E-state index in [1.165, 1.54) is 6.26 Å². The van der Waals surface area contributed by atoms with Crippen molar-refractivity contribution in [1.29, 1.82) is 0 Å². The van der Waals surface area contributed by atoms with E-state index in [9.17, 15) is 14.4 Å². The van der Waals surface area contributed by atoms with Gasteiger partial charge in [-0.25, -0.2) is 0 Å². The zero-order chi connectivity index (χ0) is 20.7. The largest absolute Gasteiger partial charge is 0.467 e. The van der Waals surface area contributed by atoms with E-state index in [2.05, 4.69) is 36.7 Å². The highest BCUT2D eigenvalue weighted by Gasteiger charge is 2.18. The van der Waals surface area contributed by atoms with Gasteiger partial charge in [-0.3, -0.25) is 14.4 Å². The number of furan rings is 1. The molecule has 1 unspecified atom stereocenters. The van der Waals surface area contributed by atoms with Gasteiger partial charge >= 0.3 is 0 Å². The van der Waals surface area contributed by atoms with E-state index in [0.717, 1.165) is 5.56 Å². The molecule has 150 valence electrons. The Kier molecular flexibility index (Phi) is 6.98. The molecular weight excluding hydrogens is 358 g/mol. The fraction of sp³-hybridized carbons (Fsp3) is 0.381. The van der Waals surface area contributed by atoms with Gasteiger partial charge in [0.1, 0.15) is 11.8 Å². The lowest BCUT2D eigenvalue weighted by Crippen LogP contribution is -2.47. The van der Waals surface area contributed by atoms with Gasteiger partial charge in [-0.05, 0) is 42.2 Å². The number of carbonyl (C=O) groups excluding carboxylic acids is 3. The molecule has 0 aliphatic rings. The molecule has 1 heterocycles. The molecule has 3 amide bonds. The third-order valence-corrected chi connectivity index (χ3v) is 4.22. The third-order valence-electron chi connectivity index (χ3n) is 4.22. The van der Waals surface area contributed by atoms with Crippen molar-refractivity contribution in [3.05, 3.63) is 59.5 Å². The summed E-state index contributed by atoms with van der Waals surface area (Å²) in [5.41, 5.74) is 1.60. The van der Waals surface area contributed by atoms with Gasteiger partial charge in [-0.1, -0.05) is 32.9 Å². The highest BCUT2D eigenvalue weighted by Crippen LogP contribution is 2.22. The van der Waals surface area contributed by atoms with E-state index < -0.39 is 11.9 Å². The van der Waals surface area contributed by atoms with Crippen LogP contribution in [-0.4, -0.2) is 30.3 Å². The number of carbonyl (C=O) groups is 3. The fourth-order valence-electron chi connectivity index (χ4n) is 2.45. The second-order valence-corrected chi connectivity index (χ2v) is 7.60. The molecule has 0 spiro atoms. The van der Waals surface area contributed by atoms with E-state index in [4.69, 9.17) is 4.42 Å². The first-order valence-electron chi connectivity index (χ1n) is 9.15. The molecule has 0 aliphatic carbocycles. The Labute approximate surface area is 164 Å². The SMILES string of the molecule is CC(NC(=O)c1ccc(C(C)(C)C)cc1)C(=O)NCC(=O)NCc1ccco1. The van der Waals surface area contributed by atoms with Gasteiger partial charge in [-0.15, -0.1) is 0 Å². The second kappa shape index (κ2) is 9.21. The van der Waals surface area contributed by atoms with E-state index >= 15 is 0 Å². The lowest BCUT2D eigenvalue weighted by Gasteiger charge is -2.19. The lowest BCUT2D eigenvalue weighted by molar-refractivity contribution is -0.127. The summed E-state index contributed by atoms with van der Waals surface area (Å²) in [6, 6.07) is 9.99. The van der Waals surface area contributed by atoms with Crippen molar-refractivity contribution in [1.82, 2.24) is 16.0 Å². The van der Waals surface area contributed by atoms with E-state index in [1.54, 1.807) is 31.2 Å². The van der Waals surface area contributed by atoms with Gasteiger partial charge in [0.15, 0.2) is 0 Å². The lowest BCUT2D eigenvalue weighted by atomic mass is 9.86. The van der Waals surface area contributed by atoms with Crippen LogP contribution in [0.3, 0.4) is 0 Å². The molecular formula is C21H27N3O4. The minimum absolute atomic E-state index is 0.000303. The minimum atomic E-state index is -0.771. The zero-order valence-electron chi connectivity index (χ0n) is 16.7. The first-order valence-corrected chi connectivity index (χ1v) is 9.15. The Hall–Kier alpha value is -3.09. The highest BCUT2D eigenvalue weighted by molar-refractivity contribution is 5.97. The van der Waals surface area contributed by atoms with Crippen molar-refractivity contribution in [2.24, 2.45) is 0 Å². The van der Waals surface area contributed by atoms with Gasteiger partial charge in [0.2, 0.25) is 11.8 Å². The van der Waals surface area contributed by atoms with Crippen molar-refractivity contribution in [2.75, 3.05) is 6.54 Å². The molecule has 3 N–H and O–H groups in total. The third kappa shape index (κ3) is 6.26. The first kappa shape index (κ1) is 21.2. The first-order chi connectivity index (χ1) is 13.2. The van der Waals surface area contributed by atoms with Crippen LogP contribution in [0.1, 0.15) is 49.4 Å². The maximum absolute atomic E-state index is 12.3. The van der Waals surface area contributed by atoms with Gasteiger partial charge in [0.05, 0.1) is 19.4 Å². The van der Waals surface area contributed by atoms with Crippen molar-refractivity contribution in [3.63, 3.8) is 0 Å².